The number of rotatable bonds is 5. The minimum Gasteiger partial charge on any atom is -0.372 e. The number of hydrazone groups is 1. The number of pyridine rings is 2. The number of aliphatic imine (C=N–C) groups is 1. The molecule has 0 spiro atoms. The average Bonchev–Trinajstić information content (AvgIpc) is 2.89. The van der Waals surface area contributed by atoms with Gasteiger partial charge in [0.05, 0.1) is 19.8 Å². The number of hydrogen-bond donors (Lipinski definition) is 1. The highest BCUT2D eigenvalue weighted by Gasteiger charge is 2.17. The predicted octanol–water partition coefficient (Wildman–Crippen LogP) is 4.10. The van der Waals surface area contributed by atoms with E-state index in [-0.39, 0.29) is 12.4 Å². The van der Waals surface area contributed by atoms with Crippen molar-refractivity contribution >= 4 is 72.3 Å². The molecule has 10 nitrogen and oxygen atoms in total. The van der Waals surface area contributed by atoms with E-state index in [4.69, 9.17) is 44.3 Å². The largest absolute Gasteiger partial charge is 0.372 e. The lowest BCUT2D eigenvalue weighted by molar-refractivity contribution is 0.113. The lowest BCUT2D eigenvalue weighted by Gasteiger charge is -2.29. The van der Waals surface area contributed by atoms with E-state index in [1.807, 2.05) is 12.1 Å². The molecular weight excluding hydrogens is 550 g/mol. The topological polar surface area (TPSA) is 109 Å². The molecule has 0 unspecified atom stereocenters. The van der Waals surface area contributed by atoms with Crippen LogP contribution in [0.2, 0.25) is 10.3 Å². The van der Waals surface area contributed by atoms with Gasteiger partial charge in [0, 0.05) is 44.8 Å². The first-order valence-electron chi connectivity index (χ1n) is 10.5. The fourth-order valence-electron chi connectivity index (χ4n) is 2.73. The monoisotopic (exact) mass is 576 g/mol. The van der Waals surface area contributed by atoms with Gasteiger partial charge in [-0.2, -0.15) is 10.2 Å². The molecule has 0 bridgehead atoms. The van der Waals surface area contributed by atoms with E-state index in [0.717, 1.165) is 42.4 Å². The minimum absolute atomic E-state index is 0. The van der Waals surface area contributed by atoms with E-state index in [1.165, 1.54) is 0 Å². The normalized spacial score (nSPS) is 15.7. The van der Waals surface area contributed by atoms with Crippen molar-refractivity contribution in [3.8, 4) is 0 Å². The zero-order valence-electron chi connectivity index (χ0n) is 19.5. The van der Waals surface area contributed by atoms with Gasteiger partial charge in [-0.25, -0.2) is 9.97 Å². The van der Waals surface area contributed by atoms with Crippen molar-refractivity contribution in [2.24, 2.45) is 20.3 Å². The van der Waals surface area contributed by atoms with E-state index in [2.05, 4.69) is 54.0 Å². The van der Waals surface area contributed by atoms with Crippen LogP contribution < -0.4 is 5.43 Å². The molecule has 0 saturated carbocycles. The van der Waals surface area contributed by atoms with E-state index in [1.54, 1.807) is 24.5 Å². The standard InChI is InChI=1S/C11H13ClN4O.C6H5Cl2N.C5H9N3O.ClH/c1-13-15-11-8-17-5-4-16(11)7-9-2-3-10(12)14-6-9;7-3-5-1-2-6(8)9-4-5;1-6-8-5-4-9-3-2-7-5;/h2-3,6H,1,4-5,7-8H2;1-2,4H,3H2;1-4H2,(H,7,8);1H/b15-11+;;;. The highest BCUT2D eigenvalue weighted by Crippen LogP contribution is 2.11. The Morgan fingerprint density at radius 2 is 1.64 bits per heavy atom. The van der Waals surface area contributed by atoms with Crippen LogP contribution in [-0.2, 0) is 21.9 Å². The molecule has 1 saturated heterocycles. The quantitative estimate of drug-likeness (QED) is 0.248. The lowest BCUT2D eigenvalue weighted by atomic mass is 10.2. The molecule has 4 heterocycles. The number of nitrogens with one attached hydrogen (secondary N) is 1. The first-order chi connectivity index (χ1) is 17.0. The molecule has 0 radical (unpaired) electrons. The molecule has 0 amide bonds. The zero-order chi connectivity index (χ0) is 25.3. The molecule has 14 heteroatoms. The van der Waals surface area contributed by atoms with Crippen molar-refractivity contribution in [3.63, 3.8) is 0 Å². The third-order valence-corrected chi connectivity index (χ3v) is 5.13. The molecule has 0 aliphatic carbocycles. The molecule has 1 fully saturated rings. The van der Waals surface area contributed by atoms with E-state index in [0.29, 0.717) is 42.6 Å². The van der Waals surface area contributed by atoms with Gasteiger partial charge < -0.3 is 14.4 Å². The van der Waals surface area contributed by atoms with Crippen LogP contribution in [0.3, 0.4) is 0 Å². The van der Waals surface area contributed by atoms with Gasteiger partial charge in [0.2, 0.25) is 0 Å². The molecule has 4 rings (SSSR count). The molecule has 196 valence electrons. The molecule has 1 N–H and O–H groups in total. The van der Waals surface area contributed by atoms with Crippen LogP contribution in [0.15, 0.2) is 57.0 Å². The van der Waals surface area contributed by atoms with Gasteiger partial charge in [-0.05, 0) is 23.3 Å². The molecule has 2 aromatic rings. The summed E-state index contributed by atoms with van der Waals surface area (Å²) >= 11 is 16.8. The second-order valence-electron chi connectivity index (χ2n) is 6.89. The van der Waals surface area contributed by atoms with Crippen molar-refractivity contribution in [2.45, 2.75) is 12.4 Å². The lowest BCUT2D eigenvalue weighted by Crippen LogP contribution is -2.41. The summed E-state index contributed by atoms with van der Waals surface area (Å²) in [4.78, 5) is 14.0. The number of halogens is 4. The van der Waals surface area contributed by atoms with Gasteiger partial charge in [-0.15, -0.1) is 29.1 Å². The second kappa shape index (κ2) is 18.9. The summed E-state index contributed by atoms with van der Waals surface area (Å²) in [6, 6.07) is 7.30. The number of alkyl halides is 1. The minimum atomic E-state index is 0. The summed E-state index contributed by atoms with van der Waals surface area (Å²) in [6.45, 7) is 11.2. The Morgan fingerprint density at radius 3 is 2.17 bits per heavy atom. The van der Waals surface area contributed by atoms with Gasteiger partial charge in [0.25, 0.3) is 0 Å². The van der Waals surface area contributed by atoms with E-state index in [9.17, 15) is 0 Å². The summed E-state index contributed by atoms with van der Waals surface area (Å²) in [5, 5.41) is 12.0. The number of aromatic nitrogens is 2. The number of nitrogens with zero attached hydrogens (tertiary/aromatic N) is 7. The Labute approximate surface area is 231 Å². The Kier molecular flexibility index (Phi) is 16.6. The van der Waals surface area contributed by atoms with Crippen LogP contribution in [0, 0.1) is 0 Å². The van der Waals surface area contributed by atoms with E-state index < -0.39 is 0 Å². The Bertz CT molecular complexity index is 975. The molecule has 2 aliphatic heterocycles. The molecule has 0 atom stereocenters. The molecule has 36 heavy (non-hydrogen) atoms. The van der Waals surface area contributed by atoms with Crippen molar-refractivity contribution in [3.05, 3.63) is 58.1 Å². The van der Waals surface area contributed by atoms with Gasteiger partial charge in [-0.1, -0.05) is 35.3 Å². The fraction of sp³-hybridized carbons (Fsp3) is 0.364. The van der Waals surface area contributed by atoms with Crippen LogP contribution in [0.1, 0.15) is 11.1 Å². The van der Waals surface area contributed by atoms with Crippen molar-refractivity contribution in [1.82, 2.24) is 20.3 Å². The first kappa shape index (κ1) is 31.7. The van der Waals surface area contributed by atoms with E-state index >= 15 is 0 Å². The highest BCUT2D eigenvalue weighted by atomic mass is 35.5. The molecule has 0 aromatic carbocycles. The average molecular weight is 578 g/mol. The highest BCUT2D eigenvalue weighted by molar-refractivity contribution is 6.29. The first-order valence-corrected chi connectivity index (χ1v) is 11.8. The Hall–Kier alpha value is -2.34. The maximum absolute atomic E-state index is 5.74. The van der Waals surface area contributed by atoms with Crippen LogP contribution >= 0.6 is 47.2 Å². The summed E-state index contributed by atoms with van der Waals surface area (Å²) < 4.78 is 10.4. The summed E-state index contributed by atoms with van der Waals surface area (Å²) in [7, 11) is 0. The molecular formula is C22H28Cl4N8O2. The summed E-state index contributed by atoms with van der Waals surface area (Å²) in [5.74, 6) is 2.04. The van der Waals surface area contributed by atoms with Gasteiger partial charge in [0.15, 0.2) is 5.84 Å². The fourth-order valence-corrected chi connectivity index (χ4v) is 3.11. The van der Waals surface area contributed by atoms with Crippen LogP contribution in [0.4, 0.5) is 0 Å². The third kappa shape index (κ3) is 12.6. The zero-order valence-corrected chi connectivity index (χ0v) is 22.6. The molecule has 2 aliphatic rings. The number of ether oxygens (including phenoxy) is 2. The SMILES string of the molecule is C=N/N=C1\COCCN1Cc1ccc(Cl)nc1.C=NNC1=NCCOC1.Cl.ClCc1ccc(Cl)nc1. The molecule has 2 aromatic heterocycles. The van der Waals surface area contributed by atoms with Crippen LogP contribution in [-0.4, -0.2) is 79.5 Å². The Morgan fingerprint density at radius 1 is 0.972 bits per heavy atom. The number of amidine groups is 2. The van der Waals surface area contributed by atoms with Gasteiger partial charge in [0.1, 0.15) is 29.4 Å². The van der Waals surface area contributed by atoms with Crippen LogP contribution in [0.5, 0.6) is 0 Å². The van der Waals surface area contributed by atoms with Crippen molar-refractivity contribution in [1.29, 1.82) is 0 Å². The third-order valence-electron chi connectivity index (χ3n) is 4.38. The van der Waals surface area contributed by atoms with Gasteiger partial charge >= 0.3 is 0 Å². The summed E-state index contributed by atoms with van der Waals surface area (Å²) in [5.41, 5.74) is 4.69. The second-order valence-corrected chi connectivity index (χ2v) is 7.94. The summed E-state index contributed by atoms with van der Waals surface area (Å²) in [6.07, 6.45) is 3.42. The Balaban J connectivity index is 0.000000291. The number of morpholine rings is 1. The van der Waals surface area contributed by atoms with Gasteiger partial charge in [-0.3, -0.25) is 10.4 Å². The maximum atomic E-state index is 5.74. The van der Waals surface area contributed by atoms with Crippen LogP contribution in [0.25, 0.3) is 0 Å². The number of hydrogen-bond acceptors (Lipinski definition) is 9. The smallest absolute Gasteiger partial charge is 0.154 e. The van der Waals surface area contributed by atoms with Crippen molar-refractivity contribution in [2.75, 3.05) is 39.5 Å². The predicted molar refractivity (Wildman–Crippen MR) is 149 cm³/mol. The maximum Gasteiger partial charge on any atom is 0.154 e. The van der Waals surface area contributed by atoms with Crippen molar-refractivity contribution < 1.29 is 9.47 Å².